The Kier molecular flexibility index (Phi) is 5.09. The quantitative estimate of drug-likeness (QED) is 0.830. The molecule has 2 nitrogen and oxygen atoms in total. The van der Waals surface area contributed by atoms with Crippen LogP contribution in [0.3, 0.4) is 0 Å². The van der Waals surface area contributed by atoms with Crippen LogP contribution in [0.1, 0.15) is 55.5 Å². The maximum atomic E-state index is 12.6. The summed E-state index contributed by atoms with van der Waals surface area (Å²) < 4.78 is 0. The standard InChI is InChI=1S/C17H24ClNO/c1-3-14-6-4-5-7-15(14)16(20)19-17(12-18)10-8-13(2)9-11-17/h4-7,13H,3,8-12H2,1-2H3,(H,19,20). The van der Waals surface area contributed by atoms with Crippen LogP contribution in [0.5, 0.6) is 0 Å². The second-order valence-corrected chi connectivity index (χ2v) is 6.33. The lowest BCUT2D eigenvalue weighted by atomic mass is 9.78. The lowest BCUT2D eigenvalue weighted by molar-refractivity contribution is 0.0871. The first-order chi connectivity index (χ1) is 9.60. The fourth-order valence-corrected chi connectivity index (χ4v) is 3.30. The summed E-state index contributed by atoms with van der Waals surface area (Å²) >= 11 is 6.18. The van der Waals surface area contributed by atoms with Crippen LogP contribution in [0.15, 0.2) is 24.3 Å². The molecule has 0 atom stereocenters. The van der Waals surface area contributed by atoms with Crippen LogP contribution < -0.4 is 5.32 Å². The van der Waals surface area contributed by atoms with Crippen molar-refractivity contribution in [3.05, 3.63) is 35.4 Å². The molecule has 3 heteroatoms. The van der Waals surface area contributed by atoms with Crippen molar-refractivity contribution in [1.29, 1.82) is 0 Å². The Morgan fingerprint density at radius 3 is 2.60 bits per heavy atom. The van der Waals surface area contributed by atoms with Crippen LogP contribution in [0.25, 0.3) is 0 Å². The summed E-state index contributed by atoms with van der Waals surface area (Å²) in [6.45, 7) is 4.35. The molecule has 0 spiro atoms. The molecule has 1 aromatic carbocycles. The van der Waals surface area contributed by atoms with Gasteiger partial charge >= 0.3 is 0 Å². The Hall–Kier alpha value is -1.02. The molecule has 1 aliphatic carbocycles. The maximum absolute atomic E-state index is 12.6. The Balaban J connectivity index is 2.13. The average molecular weight is 294 g/mol. The number of halogens is 1. The first-order valence-electron chi connectivity index (χ1n) is 7.56. The summed E-state index contributed by atoms with van der Waals surface area (Å²) in [6.07, 6.45) is 5.12. The van der Waals surface area contributed by atoms with Gasteiger partial charge in [-0.1, -0.05) is 32.0 Å². The molecule has 20 heavy (non-hydrogen) atoms. The third-order valence-corrected chi connectivity index (χ3v) is 5.02. The number of hydrogen-bond acceptors (Lipinski definition) is 1. The second kappa shape index (κ2) is 6.62. The number of carbonyl (C=O) groups excluding carboxylic acids is 1. The fourth-order valence-electron chi connectivity index (χ4n) is 2.97. The summed E-state index contributed by atoms with van der Waals surface area (Å²) in [5.74, 6) is 1.27. The minimum absolute atomic E-state index is 0.0256. The lowest BCUT2D eigenvalue weighted by Crippen LogP contribution is -2.52. The van der Waals surface area contributed by atoms with Crippen LogP contribution in [0.2, 0.25) is 0 Å². The van der Waals surface area contributed by atoms with Crippen molar-refractivity contribution < 1.29 is 4.79 Å². The molecule has 1 N–H and O–H groups in total. The number of rotatable bonds is 4. The van der Waals surface area contributed by atoms with Crippen molar-refractivity contribution in [3.63, 3.8) is 0 Å². The summed E-state index contributed by atoms with van der Waals surface area (Å²) in [7, 11) is 0. The first kappa shape index (κ1) is 15.4. The lowest BCUT2D eigenvalue weighted by Gasteiger charge is -2.38. The van der Waals surface area contributed by atoms with Gasteiger partial charge in [-0.25, -0.2) is 0 Å². The van der Waals surface area contributed by atoms with Crippen LogP contribution in [-0.2, 0) is 6.42 Å². The van der Waals surface area contributed by atoms with E-state index in [-0.39, 0.29) is 11.4 Å². The van der Waals surface area contributed by atoms with Gasteiger partial charge in [0.15, 0.2) is 0 Å². The second-order valence-electron chi connectivity index (χ2n) is 6.06. The van der Waals surface area contributed by atoms with E-state index in [2.05, 4.69) is 19.2 Å². The Bertz CT molecular complexity index is 464. The SMILES string of the molecule is CCc1ccccc1C(=O)NC1(CCl)CCC(C)CC1. The van der Waals surface area contributed by atoms with Gasteiger partial charge in [0.1, 0.15) is 0 Å². The zero-order valence-corrected chi connectivity index (χ0v) is 13.2. The molecule has 0 saturated heterocycles. The number of amides is 1. The highest BCUT2D eigenvalue weighted by Gasteiger charge is 2.35. The minimum Gasteiger partial charge on any atom is -0.345 e. The average Bonchev–Trinajstić information content (AvgIpc) is 2.49. The van der Waals surface area contributed by atoms with Crippen molar-refractivity contribution >= 4 is 17.5 Å². The number of alkyl halides is 1. The van der Waals surface area contributed by atoms with E-state index in [1.807, 2.05) is 24.3 Å². The molecule has 110 valence electrons. The van der Waals surface area contributed by atoms with Crippen LogP contribution >= 0.6 is 11.6 Å². The molecule has 0 radical (unpaired) electrons. The number of nitrogens with one attached hydrogen (secondary N) is 1. The highest BCUT2D eigenvalue weighted by molar-refractivity contribution is 6.19. The van der Waals surface area contributed by atoms with Crippen LogP contribution in [0.4, 0.5) is 0 Å². The molecule has 1 saturated carbocycles. The molecule has 1 aromatic rings. The van der Waals surface area contributed by atoms with Gasteiger partial charge in [0, 0.05) is 11.4 Å². The zero-order valence-electron chi connectivity index (χ0n) is 12.4. The fraction of sp³-hybridized carbons (Fsp3) is 0.588. The molecular weight excluding hydrogens is 270 g/mol. The van der Waals surface area contributed by atoms with Gasteiger partial charge in [0.25, 0.3) is 5.91 Å². The van der Waals surface area contributed by atoms with Gasteiger partial charge in [-0.15, -0.1) is 11.6 Å². The van der Waals surface area contributed by atoms with Gasteiger partial charge in [-0.3, -0.25) is 4.79 Å². The van der Waals surface area contributed by atoms with E-state index in [9.17, 15) is 4.79 Å². The van der Waals surface area contributed by atoms with E-state index in [0.29, 0.717) is 5.88 Å². The van der Waals surface area contributed by atoms with Crippen molar-refractivity contribution in [3.8, 4) is 0 Å². The summed E-state index contributed by atoms with van der Waals surface area (Å²) in [4.78, 5) is 12.6. The van der Waals surface area contributed by atoms with Gasteiger partial charge in [0.05, 0.1) is 5.54 Å². The minimum atomic E-state index is -0.216. The molecule has 1 fully saturated rings. The molecular formula is C17H24ClNO. The molecule has 1 aliphatic rings. The summed E-state index contributed by atoms with van der Waals surface area (Å²) in [6, 6.07) is 7.83. The summed E-state index contributed by atoms with van der Waals surface area (Å²) in [5, 5.41) is 3.22. The molecule has 0 heterocycles. The van der Waals surface area contributed by atoms with E-state index in [4.69, 9.17) is 11.6 Å². The Labute approximate surface area is 126 Å². The molecule has 0 aromatic heterocycles. The van der Waals surface area contributed by atoms with E-state index < -0.39 is 0 Å². The zero-order chi connectivity index (χ0) is 14.6. The van der Waals surface area contributed by atoms with E-state index >= 15 is 0 Å². The van der Waals surface area contributed by atoms with E-state index in [0.717, 1.165) is 49.1 Å². The van der Waals surface area contributed by atoms with Crippen LogP contribution in [0, 0.1) is 5.92 Å². The van der Waals surface area contributed by atoms with E-state index in [1.54, 1.807) is 0 Å². The first-order valence-corrected chi connectivity index (χ1v) is 8.10. The van der Waals surface area contributed by atoms with Gasteiger partial charge in [0.2, 0.25) is 0 Å². The highest BCUT2D eigenvalue weighted by atomic mass is 35.5. The van der Waals surface area contributed by atoms with Gasteiger partial charge in [-0.2, -0.15) is 0 Å². The number of benzene rings is 1. The van der Waals surface area contributed by atoms with Gasteiger partial charge in [-0.05, 0) is 49.7 Å². The number of aryl methyl sites for hydroxylation is 1. The largest absolute Gasteiger partial charge is 0.345 e. The topological polar surface area (TPSA) is 29.1 Å². The smallest absolute Gasteiger partial charge is 0.252 e. The Morgan fingerprint density at radius 2 is 2.00 bits per heavy atom. The molecule has 0 aliphatic heterocycles. The highest BCUT2D eigenvalue weighted by Crippen LogP contribution is 2.33. The third kappa shape index (κ3) is 3.35. The molecule has 0 unspecified atom stereocenters. The normalized spacial score (nSPS) is 26.2. The maximum Gasteiger partial charge on any atom is 0.252 e. The molecule has 2 rings (SSSR count). The van der Waals surface area contributed by atoms with Crippen molar-refractivity contribution in [2.24, 2.45) is 5.92 Å². The number of carbonyl (C=O) groups is 1. The molecule has 1 amide bonds. The third-order valence-electron chi connectivity index (χ3n) is 4.51. The summed E-state index contributed by atoms with van der Waals surface area (Å²) in [5.41, 5.74) is 1.67. The number of hydrogen-bond donors (Lipinski definition) is 1. The predicted molar refractivity (Wildman–Crippen MR) is 84.4 cm³/mol. The monoisotopic (exact) mass is 293 g/mol. The van der Waals surface area contributed by atoms with Crippen molar-refractivity contribution in [2.45, 2.75) is 51.5 Å². The van der Waals surface area contributed by atoms with Crippen molar-refractivity contribution in [2.75, 3.05) is 5.88 Å². The van der Waals surface area contributed by atoms with E-state index in [1.165, 1.54) is 0 Å². The van der Waals surface area contributed by atoms with Crippen LogP contribution in [-0.4, -0.2) is 17.3 Å². The predicted octanol–water partition coefficient (Wildman–Crippen LogP) is 4.17. The van der Waals surface area contributed by atoms with Crippen molar-refractivity contribution in [1.82, 2.24) is 5.32 Å². The Morgan fingerprint density at radius 1 is 1.35 bits per heavy atom. The van der Waals surface area contributed by atoms with Gasteiger partial charge < -0.3 is 5.32 Å². The molecule has 0 bridgehead atoms.